The molecule has 0 saturated carbocycles. The van der Waals surface area contributed by atoms with Gasteiger partial charge in [-0.3, -0.25) is 0 Å². The van der Waals surface area contributed by atoms with Gasteiger partial charge < -0.3 is 9.62 Å². The van der Waals surface area contributed by atoms with Crippen LogP contribution in [0.2, 0.25) is 0 Å². The standard InChI is InChI=1S/C16H22BN3/c1-4-19-11-12-20(5-2)17(19)16(14(3)13-18)15-9-7-6-8-10-15/h6-10H,4-5,11-12H2,1-3H3/b16-14-. The van der Waals surface area contributed by atoms with Crippen LogP contribution in [0.4, 0.5) is 0 Å². The molecule has 0 aromatic heterocycles. The van der Waals surface area contributed by atoms with Crippen molar-refractivity contribution in [3.05, 3.63) is 41.5 Å². The maximum Gasteiger partial charge on any atom is 0.347 e. The Kier molecular flexibility index (Phi) is 5.00. The van der Waals surface area contributed by atoms with Crippen molar-refractivity contribution in [2.24, 2.45) is 0 Å². The summed E-state index contributed by atoms with van der Waals surface area (Å²) in [5.41, 5.74) is 3.14. The zero-order valence-corrected chi connectivity index (χ0v) is 12.6. The van der Waals surface area contributed by atoms with Crippen LogP contribution in [0.5, 0.6) is 0 Å². The van der Waals surface area contributed by atoms with Crippen LogP contribution in [0.25, 0.3) is 5.47 Å². The molecule has 1 aliphatic heterocycles. The highest BCUT2D eigenvalue weighted by atomic mass is 15.3. The fraction of sp³-hybridized carbons (Fsp3) is 0.438. The Bertz CT molecular complexity index is 506. The predicted octanol–water partition coefficient (Wildman–Crippen LogP) is 2.67. The van der Waals surface area contributed by atoms with Crippen LogP contribution < -0.4 is 0 Å². The minimum absolute atomic E-state index is 0.229. The first-order valence-electron chi connectivity index (χ1n) is 7.37. The molecule has 0 radical (unpaired) electrons. The number of benzene rings is 1. The van der Waals surface area contributed by atoms with Crippen molar-refractivity contribution >= 4 is 12.5 Å². The highest BCUT2D eigenvalue weighted by Crippen LogP contribution is 2.28. The van der Waals surface area contributed by atoms with Crippen molar-refractivity contribution in [3.8, 4) is 6.07 Å². The number of nitrogens with zero attached hydrogens (tertiary/aromatic N) is 3. The van der Waals surface area contributed by atoms with E-state index in [0.29, 0.717) is 0 Å². The summed E-state index contributed by atoms with van der Waals surface area (Å²) in [5.74, 6) is 0. The Morgan fingerprint density at radius 1 is 1.15 bits per heavy atom. The molecule has 0 aliphatic carbocycles. The van der Waals surface area contributed by atoms with Crippen molar-refractivity contribution in [1.29, 1.82) is 5.26 Å². The lowest BCUT2D eigenvalue weighted by atomic mass is 9.60. The van der Waals surface area contributed by atoms with E-state index >= 15 is 0 Å². The number of likely N-dealkylation sites (N-methyl/N-ethyl adjacent to an activating group) is 2. The first kappa shape index (κ1) is 14.8. The summed E-state index contributed by atoms with van der Waals surface area (Å²) in [6.45, 7) is 10.7. The van der Waals surface area contributed by atoms with E-state index in [9.17, 15) is 5.26 Å². The lowest BCUT2D eigenvalue weighted by Gasteiger charge is -2.28. The molecule has 0 unspecified atom stereocenters. The van der Waals surface area contributed by atoms with Crippen LogP contribution in [0.3, 0.4) is 0 Å². The third kappa shape index (κ3) is 2.79. The molecule has 0 atom stereocenters. The van der Waals surface area contributed by atoms with Crippen molar-refractivity contribution in [3.63, 3.8) is 0 Å². The van der Waals surface area contributed by atoms with Gasteiger partial charge in [0.2, 0.25) is 0 Å². The minimum Gasteiger partial charge on any atom is -0.323 e. The molecule has 1 fully saturated rings. The zero-order chi connectivity index (χ0) is 14.5. The zero-order valence-electron chi connectivity index (χ0n) is 12.6. The number of nitriles is 1. The van der Waals surface area contributed by atoms with E-state index < -0.39 is 0 Å². The van der Waals surface area contributed by atoms with Gasteiger partial charge in [-0.1, -0.05) is 44.2 Å². The van der Waals surface area contributed by atoms with E-state index in [1.54, 1.807) is 0 Å². The third-order valence-corrected chi connectivity index (χ3v) is 4.09. The minimum atomic E-state index is 0.229. The topological polar surface area (TPSA) is 30.3 Å². The number of hydrogen-bond acceptors (Lipinski definition) is 3. The molecule has 1 heterocycles. The van der Waals surface area contributed by atoms with Crippen LogP contribution in [0, 0.1) is 11.3 Å². The summed E-state index contributed by atoms with van der Waals surface area (Å²) < 4.78 is 0. The third-order valence-electron chi connectivity index (χ3n) is 4.09. The molecule has 104 valence electrons. The summed E-state index contributed by atoms with van der Waals surface area (Å²) in [6.07, 6.45) is 0. The van der Waals surface area contributed by atoms with Crippen LogP contribution in [-0.4, -0.2) is 42.8 Å². The van der Waals surface area contributed by atoms with E-state index in [4.69, 9.17) is 0 Å². The maximum absolute atomic E-state index is 9.40. The fourth-order valence-electron chi connectivity index (χ4n) is 3.00. The Balaban J connectivity index is 2.50. The molecule has 2 rings (SSSR count). The van der Waals surface area contributed by atoms with Crippen molar-refractivity contribution < 1.29 is 0 Å². The summed E-state index contributed by atoms with van der Waals surface area (Å²) >= 11 is 0. The SMILES string of the molecule is CCN1CCN(CC)B1/C(=C(/C)C#N)c1ccccc1. The summed E-state index contributed by atoms with van der Waals surface area (Å²) in [5, 5.41) is 9.40. The van der Waals surface area contributed by atoms with E-state index in [1.807, 2.05) is 25.1 Å². The van der Waals surface area contributed by atoms with Gasteiger partial charge in [0, 0.05) is 18.7 Å². The molecule has 0 amide bonds. The Morgan fingerprint density at radius 3 is 2.15 bits per heavy atom. The number of hydrogen-bond donors (Lipinski definition) is 0. The van der Waals surface area contributed by atoms with E-state index in [0.717, 1.165) is 42.8 Å². The molecule has 0 N–H and O–H groups in total. The molecule has 4 heteroatoms. The molecule has 1 saturated heterocycles. The molecule has 0 bridgehead atoms. The van der Waals surface area contributed by atoms with Crippen LogP contribution in [0.15, 0.2) is 35.9 Å². The molecule has 0 spiro atoms. The highest BCUT2D eigenvalue weighted by molar-refractivity contribution is 6.75. The number of allylic oxidation sites excluding steroid dienone is 1. The Hall–Kier alpha value is -1.57. The molecule has 1 aromatic rings. The average Bonchev–Trinajstić information content (AvgIpc) is 2.91. The van der Waals surface area contributed by atoms with Crippen LogP contribution >= 0.6 is 0 Å². The smallest absolute Gasteiger partial charge is 0.323 e. The van der Waals surface area contributed by atoms with Crippen molar-refractivity contribution in [2.45, 2.75) is 20.8 Å². The molecule has 1 aliphatic rings. The van der Waals surface area contributed by atoms with Gasteiger partial charge in [-0.2, -0.15) is 5.26 Å². The quantitative estimate of drug-likeness (QED) is 0.620. The predicted molar refractivity (Wildman–Crippen MR) is 84.9 cm³/mol. The molecular formula is C16H22BN3. The van der Waals surface area contributed by atoms with Crippen molar-refractivity contribution in [2.75, 3.05) is 26.2 Å². The summed E-state index contributed by atoms with van der Waals surface area (Å²) in [6, 6.07) is 12.7. The lowest BCUT2D eigenvalue weighted by molar-refractivity contribution is 0.486. The monoisotopic (exact) mass is 267 g/mol. The van der Waals surface area contributed by atoms with Crippen LogP contribution in [-0.2, 0) is 0 Å². The van der Waals surface area contributed by atoms with E-state index in [-0.39, 0.29) is 6.98 Å². The summed E-state index contributed by atoms with van der Waals surface area (Å²) in [7, 11) is 0. The van der Waals surface area contributed by atoms with E-state index in [1.165, 1.54) is 0 Å². The molecular weight excluding hydrogens is 245 g/mol. The summed E-state index contributed by atoms with van der Waals surface area (Å²) in [4.78, 5) is 4.90. The average molecular weight is 267 g/mol. The number of rotatable bonds is 4. The van der Waals surface area contributed by atoms with Gasteiger partial charge in [-0.15, -0.1) is 0 Å². The van der Waals surface area contributed by atoms with Crippen molar-refractivity contribution in [1.82, 2.24) is 9.62 Å². The second-order valence-electron chi connectivity index (χ2n) is 5.15. The normalized spacial score (nSPS) is 18.0. The lowest BCUT2D eigenvalue weighted by Crippen LogP contribution is -2.45. The Morgan fingerprint density at radius 2 is 1.70 bits per heavy atom. The van der Waals surface area contributed by atoms with Gasteiger partial charge in [-0.05, 0) is 31.0 Å². The largest absolute Gasteiger partial charge is 0.347 e. The maximum atomic E-state index is 9.40. The molecule has 1 aromatic carbocycles. The highest BCUT2D eigenvalue weighted by Gasteiger charge is 2.39. The second kappa shape index (κ2) is 6.74. The van der Waals surface area contributed by atoms with Gasteiger partial charge in [0.25, 0.3) is 0 Å². The van der Waals surface area contributed by atoms with Gasteiger partial charge in [-0.25, -0.2) is 0 Å². The first-order chi connectivity index (χ1) is 9.72. The first-order valence-corrected chi connectivity index (χ1v) is 7.37. The molecule has 3 nitrogen and oxygen atoms in total. The Labute approximate surface area is 122 Å². The fourth-order valence-corrected chi connectivity index (χ4v) is 3.00. The van der Waals surface area contributed by atoms with Gasteiger partial charge in [0.15, 0.2) is 0 Å². The van der Waals surface area contributed by atoms with Crippen LogP contribution in [0.1, 0.15) is 26.3 Å². The van der Waals surface area contributed by atoms with Gasteiger partial charge in [0.05, 0.1) is 6.07 Å². The van der Waals surface area contributed by atoms with Gasteiger partial charge in [0.1, 0.15) is 0 Å². The van der Waals surface area contributed by atoms with Gasteiger partial charge >= 0.3 is 6.98 Å². The van der Waals surface area contributed by atoms with E-state index in [2.05, 4.69) is 41.7 Å². The second-order valence-corrected chi connectivity index (χ2v) is 5.15. The molecule has 20 heavy (non-hydrogen) atoms.